The van der Waals surface area contributed by atoms with Gasteiger partial charge in [-0.15, -0.1) is 16.9 Å². The number of fused-ring (bicyclic) bond motifs is 1. The van der Waals surface area contributed by atoms with Crippen molar-refractivity contribution in [3.63, 3.8) is 0 Å². The number of hydrogen-bond donors (Lipinski definition) is 3. The van der Waals surface area contributed by atoms with Gasteiger partial charge in [0.05, 0.1) is 0 Å². The number of oxime groups is 1. The first-order valence-corrected chi connectivity index (χ1v) is 18.1. The van der Waals surface area contributed by atoms with Crippen LogP contribution < -0.4 is 11.1 Å². The second kappa shape index (κ2) is 15.8. The van der Waals surface area contributed by atoms with Gasteiger partial charge in [0.25, 0.3) is 11.8 Å². The Balaban J connectivity index is 1.20. The van der Waals surface area contributed by atoms with Gasteiger partial charge >= 0.3 is 11.9 Å². The molecule has 0 saturated carbocycles. The van der Waals surface area contributed by atoms with Gasteiger partial charge in [0.15, 0.2) is 5.13 Å². The first-order valence-electron chi connectivity index (χ1n) is 15.3. The van der Waals surface area contributed by atoms with Gasteiger partial charge in [-0.3, -0.25) is 14.5 Å². The van der Waals surface area contributed by atoms with E-state index in [1.807, 2.05) is 0 Å². The Labute approximate surface area is 294 Å². The fourth-order valence-corrected chi connectivity index (χ4v) is 7.97. The molecule has 0 bridgehead atoms. The van der Waals surface area contributed by atoms with Crippen molar-refractivity contribution < 1.29 is 33.9 Å². The smallest absolute Gasteiger partial charge is 0.352 e. The fraction of sp³-hybridized carbons (Fsp3) is 0.630. The quantitative estimate of drug-likeness (QED) is 0.0717. The third-order valence-corrected chi connectivity index (χ3v) is 10.4. The van der Waals surface area contributed by atoms with Crippen molar-refractivity contribution >= 4 is 69.7 Å². The molecular formula is C27H38N12O7S3. The highest BCUT2D eigenvalue weighted by Gasteiger charge is 2.54. The van der Waals surface area contributed by atoms with Gasteiger partial charge in [0.1, 0.15) is 22.7 Å². The number of nitrogens with zero attached hydrogens (tertiary/aromatic N) is 10. The monoisotopic (exact) mass is 738 g/mol. The number of β-lactam (4-membered cyclic amide) rings is 1. The van der Waals surface area contributed by atoms with E-state index in [1.54, 1.807) is 25.5 Å². The first kappa shape index (κ1) is 36.4. The SMILES string of the molecule is CN1CCN(CCCn2nnnc2SCC2=C(C(=O)O)N3C(=O)C(NC(=O)/C(=N/OCC(=O)OC(C)(C)C)c4nsc(N)n4)C3SC2)CC1. The maximum atomic E-state index is 13.3. The van der Waals surface area contributed by atoms with Crippen molar-refractivity contribution in [2.24, 2.45) is 5.16 Å². The molecule has 3 aliphatic rings. The third-order valence-electron chi connectivity index (χ3n) is 7.48. The zero-order chi connectivity index (χ0) is 35.3. The number of amides is 2. The number of aromatic nitrogens is 6. The number of hydrogen-bond acceptors (Lipinski definition) is 18. The first-order chi connectivity index (χ1) is 23.3. The molecule has 2 fully saturated rings. The Morgan fingerprint density at radius 2 is 1.94 bits per heavy atom. The van der Waals surface area contributed by atoms with Crippen LogP contribution in [0.3, 0.4) is 0 Å². The van der Waals surface area contributed by atoms with Gasteiger partial charge in [-0.05, 0) is 50.2 Å². The van der Waals surface area contributed by atoms with Crippen molar-refractivity contribution in [2.45, 2.75) is 55.9 Å². The molecule has 22 heteroatoms. The van der Waals surface area contributed by atoms with Crippen LogP contribution in [0.25, 0.3) is 0 Å². The lowest BCUT2D eigenvalue weighted by molar-refractivity contribution is -0.160. The highest BCUT2D eigenvalue weighted by Crippen LogP contribution is 2.41. The minimum atomic E-state index is -1.26. The van der Waals surface area contributed by atoms with E-state index in [2.05, 4.69) is 52.2 Å². The molecule has 19 nitrogen and oxygen atoms in total. The standard InChI is InChI=1S/C27H38N12O7S3/c1-27(2,3)46-16(40)12-45-32-17(20-30-25(28)49-33-20)21(41)29-18-22(42)39-19(24(43)44)15(13-47-23(18)39)14-48-26-31-34-35-38(26)7-5-6-37-10-8-36(4)9-11-37/h18,23H,5-14H2,1-4H3,(H,29,41)(H,43,44)(H2,28,30,33)/b32-17+. The number of aliphatic carboxylic acids is 1. The number of rotatable bonds is 14. The van der Waals surface area contributed by atoms with E-state index in [1.165, 1.54) is 28.4 Å². The molecule has 0 aliphatic carbocycles. The van der Waals surface area contributed by atoms with Crippen LogP contribution >= 0.6 is 35.1 Å². The molecule has 2 unspecified atom stereocenters. The molecule has 2 atom stereocenters. The summed E-state index contributed by atoms with van der Waals surface area (Å²) in [5, 5.41) is 28.4. The maximum absolute atomic E-state index is 13.3. The summed E-state index contributed by atoms with van der Waals surface area (Å²) in [4.78, 5) is 66.0. The van der Waals surface area contributed by atoms with Gasteiger partial charge in [-0.1, -0.05) is 16.9 Å². The lowest BCUT2D eigenvalue weighted by Gasteiger charge is -2.49. The molecule has 0 radical (unpaired) electrons. The second-order valence-electron chi connectivity index (χ2n) is 12.3. The number of thioether (sulfide) groups is 2. The lowest BCUT2D eigenvalue weighted by atomic mass is 10.0. The number of piperazine rings is 1. The molecule has 5 rings (SSSR count). The highest BCUT2D eigenvalue weighted by atomic mass is 32.2. The van der Waals surface area contributed by atoms with E-state index in [4.69, 9.17) is 15.3 Å². The molecule has 2 aromatic heterocycles. The van der Waals surface area contributed by atoms with Crippen molar-refractivity contribution in [1.82, 2.24) is 49.6 Å². The average molecular weight is 739 g/mol. The van der Waals surface area contributed by atoms with Crippen molar-refractivity contribution in [2.75, 3.05) is 63.6 Å². The summed E-state index contributed by atoms with van der Waals surface area (Å²) in [7, 11) is 2.12. The number of anilines is 1. The van der Waals surface area contributed by atoms with Gasteiger partial charge in [-0.2, -0.15) is 9.36 Å². The van der Waals surface area contributed by atoms with Crippen LogP contribution in [-0.2, 0) is 35.3 Å². The normalized spacial score (nSPS) is 20.5. The number of carbonyl (C=O) groups is 4. The second-order valence-corrected chi connectivity index (χ2v) is 15.2. The van der Waals surface area contributed by atoms with Gasteiger partial charge in [0.2, 0.25) is 23.3 Å². The van der Waals surface area contributed by atoms with E-state index in [9.17, 15) is 24.3 Å². The van der Waals surface area contributed by atoms with Crippen LogP contribution in [0.4, 0.5) is 5.13 Å². The van der Waals surface area contributed by atoms with Crippen LogP contribution in [0.5, 0.6) is 0 Å². The zero-order valence-electron chi connectivity index (χ0n) is 27.4. The highest BCUT2D eigenvalue weighted by molar-refractivity contribution is 8.01. The summed E-state index contributed by atoms with van der Waals surface area (Å²) < 4.78 is 10.9. The van der Waals surface area contributed by atoms with Crippen LogP contribution in [0.2, 0.25) is 0 Å². The molecule has 3 aliphatic heterocycles. The molecule has 4 N–H and O–H groups in total. The average Bonchev–Trinajstić information content (AvgIpc) is 3.68. The number of carbonyl (C=O) groups excluding carboxylic acids is 3. The van der Waals surface area contributed by atoms with E-state index in [0.717, 1.165) is 50.7 Å². The Kier molecular flexibility index (Phi) is 11.7. The van der Waals surface area contributed by atoms with Crippen molar-refractivity contribution in [3.05, 3.63) is 17.1 Å². The van der Waals surface area contributed by atoms with E-state index in [-0.39, 0.29) is 22.4 Å². The van der Waals surface area contributed by atoms with E-state index in [0.29, 0.717) is 23.0 Å². The summed E-state index contributed by atoms with van der Waals surface area (Å²) in [6, 6.07) is -1.07. The zero-order valence-corrected chi connectivity index (χ0v) is 29.8. The van der Waals surface area contributed by atoms with Crippen LogP contribution in [0.15, 0.2) is 21.6 Å². The topological polar surface area (TPSA) is 236 Å². The third kappa shape index (κ3) is 9.23. The number of nitrogen functional groups attached to an aromatic ring is 1. The van der Waals surface area contributed by atoms with Crippen molar-refractivity contribution in [3.8, 4) is 0 Å². The Hall–Kier alpha value is -3.86. The molecule has 266 valence electrons. The number of ether oxygens (including phenoxy) is 1. The predicted molar refractivity (Wildman–Crippen MR) is 179 cm³/mol. The fourth-order valence-electron chi connectivity index (χ4n) is 5.15. The van der Waals surface area contributed by atoms with Crippen LogP contribution in [0.1, 0.15) is 33.0 Å². The molecule has 0 aromatic carbocycles. The Bertz CT molecular complexity index is 1620. The molecular weight excluding hydrogens is 701 g/mol. The predicted octanol–water partition coefficient (Wildman–Crippen LogP) is -0.662. The molecule has 5 heterocycles. The number of nitrogens with two attached hydrogens (primary N) is 1. The summed E-state index contributed by atoms with van der Waals surface area (Å²) >= 11 is 3.43. The van der Waals surface area contributed by atoms with Gasteiger partial charge in [-0.25, -0.2) is 14.3 Å². The van der Waals surface area contributed by atoms with Gasteiger partial charge < -0.3 is 35.5 Å². The van der Waals surface area contributed by atoms with E-state index >= 15 is 0 Å². The number of carboxylic acids is 1. The number of carboxylic acid groups (broad SMARTS) is 1. The summed E-state index contributed by atoms with van der Waals surface area (Å²) in [5.74, 6) is -3.08. The number of esters is 1. The van der Waals surface area contributed by atoms with E-state index < -0.39 is 53.1 Å². The largest absolute Gasteiger partial charge is 0.477 e. The Morgan fingerprint density at radius 1 is 1.18 bits per heavy atom. The number of aryl methyl sites for hydroxylation is 1. The molecule has 2 saturated heterocycles. The van der Waals surface area contributed by atoms with Crippen molar-refractivity contribution in [1.29, 1.82) is 0 Å². The molecule has 2 amide bonds. The van der Waals surface area contributed by atoms with Crippen LogP contribution in [0, 0.1) is 0 Å². The maximum Gasteiger partial charge on any atom is 0.352 e. The van der Waals surface area contributed by atoms with Gasteiger partial charge in [0, 0.05) is 62.3 Å². The lowest BCUT2D eigenvalue weighted by Crippen LogP contribution is -2.71. The van der Waals surface area contributed by atoms with Crippen LogP contribution in [-0.4, -0.2) is 154 Å². The molecule has 49 heavy (non-hydrogen) atoms. The molecule has 0 spiro atoms. The summed E-state index contributed by atoms with van der Waals surface area (Å²) in [6.45, 7) is 10.1. The number of likely N-dealkylation sites (N-methyl/N-ethyl adjacent to an activating group) is 1. The summed E-state index contributed by atoms with van der Waals surface area (Å²) in [5.41, 5.74) is 4.90. The minimum absolute atomic E-state index is 0.0534. The number of tetrazole rings is 1. The minimum Gasteiger partial charge on any atom is -0.477 e. The molecule has 2 aromatic rings. The number of nitrogens with one attached hydrogen (secondary N) is 1. The summed E-state index contributed by atoms with van der Waals surface area (Å²) in [6.07, 6.45) is 0.868. The Morgan fingerprint density at radius 3 is 2.61 bits per heavy atom.